The molecule has 1 aromatic heterocycles. The minimum atomic E-state index is -0.535. The Labute approximate surface area is 89.5 Å². The molecule has 1 heterocycles. The molecule has 0 aliphatic heterocycles. The van der Waals surface area contributed by atoms with Crippen molar-refractivity contribution in [3.05, 3.63) is 30.1 Å². The van der Waals surface area contributed by atoms with E-state index in [1.807, 2.05) is 25.1 Å². The Morgan fingerprint density at radius 2 is 2.27 bits per heavy atom. The van der Waals surface area contributed by atoms with Gasteiger partial charge in [0.2, 0.25) is 0 Å². The SMILES string of the molecule is CC(=O)OC(C)(c1ccccn1)C1CC1. The first kappa shape index (κ1) is 10.1. The van der Waals surface area contributed by atoms with Gasteiger partial charge in [0.15, 0.2) is 5.60 Å². The zero-order valence-corrected chi connectivity index (χ0v) is 9.06. The van der Waals surface area contributed by atoms with Crippen LogP contribution in [0.2, 0.25) is 0 Å². The van der Waals surface area contributed by atoms with Gasteiger partial charge in [-0.25, -0.2) is 0 Å². The molecule has 0 saturated heterocycles. The number of esters is 1. The second-order valence-electron chi connectivity index (χ2n) is 4.19. The van der Waals surface area contributed by atoms with E-state index in [1.165, 1.54) is 6.92 Å². The van der Waals surface area contributed by atoms with Crippen LogP contribution in [0.4, 0.5) is 0 Å². The average Bonchev–Trinajstić information content (AvgIpc) is 3.01. The number of ether oxygens (including phenoxy) is 1. The predicted octanol–water partition coefficient (Wildman–Crippen LogP) is 2.27. The molecule has 0 radical (unpaired) electrons. The third-order valence-corrected chi connectivity index (χ3v) is 2.89. The Bertz CT molecular complexity index is 359. The van der Waals surface area contributed by atoms with Crippen LogP contribution in [-0.2, 0) is 15.1 Å². The van der Waals surface area contributed by atoms with Gasteiger partial charge < -0.3 is 4.74 Å². The topological polar surface area (TPSA) is 39.2 Å². The largest absolute Gasteiger partial charge is 0.453 e. The predicted molar refractivity (Wildman–Crippen MR) is 56.1 cm³/mol. The highest BCUT2D eigenvalue weighted by molar-refractivity contribution is 5.66. The number of aromatic nitrogens is 1. The monoisotopic (exact) mass is 205 g/mol. The van der Waals surface area contributed by atoms with Crippen molar-refractivity contribution in [1.29, 1.82) is 0 Å². The molecule has 1 aliphatic rings. The fourth-order valence-electron chi connectivity index (χ4n) is 1.93. The molecule has 1 fully saturated rings. The van der Waals surface area contributed by atoms with E-state index >= 15 is 0 Å². The summed E-state index contributed by atoms with van der Waals surface area (Å²) < 4.78 is 5.45. The number of hydrogen-bond donors (Lipinski definition) is 0. The van der Waals surface area contributed by atoms with E-state index < -0.39 is 5.60 Å². The van der Waals surface area contributed by atoms with E-state index in [4.69, 9.17) is 4.74 Å². The molecule has 1 unspecified atom stereocenters. The van der Waals surface area contributed by atoms with Gasteiger partial charge in [-0.2, -0.15) is 0 Å². The Morgan fingerprint density at radius 1 is 1.53 bits per heavy atom. The number of pyridine rings is 1. The third kappa shape index (κ3) is 2.01. The maximum absolute atomic E-state index is 11.1. The normalized spacial score (nSPS) is 19.3. The highest BCUT2D eigenvalue weighted by Crippen LogP contribution is 2.47. The van der Waals surface area contributed by atoms with Crippen LogP contribution >= 0.6 is 0 Å². The molecule has 0 spiro atoms. The smallest absolute Gasteiger partial charge is 0.303 e. The molecule has 0 amide bonds. The zero-order valence-electron chi connectivity index (χ0n) is 9.06. The van der Waals surface area contributed by atoms with E-state index in [9.17, 15) is 4.79 Å². The molecule has 1 saturated carbocycles. The van der Waals surface area contributed by atoms with Gasteiger partial charge in [0.1, 0.15) is 0 Å². The molecule has 0 aromatic carbocycles. The summed E-state index contributed by atoms with van der Waals surface area (Å²) in [5.41, 5.74) is 0.315. The van der Waals surface area contributed by atoms with Crippen LogP contribution in [0.1, 0.15) is 32.4 Å². The summed E-state index contributed by atoms with van der Waals surface area (Å²) in [6, 6.07) is 5.71. The molecular formula is C12H15NO2. The minimum absolute atomic E-state index is 0.241. The van der Waals surface area contributed by atoms with Crippen molar-refractivity contribution in [2.45, 2.75) is 32.3 Å². The van der Waals surface area contributed by atoms with Crippen LogP contribution in [0.5, 0.6) is 0 Å². The summed E-state index contributed by atoms with van der Waals surface area (Å²) in [7, 11) is 0. The lowest BCUT2D eigenvalue weighted by atomic mass is 9.95. The molecular weight excluding hydrogens is 190 g/mol. The lowest BCUT2D eigenvalue weighted by Crippen LogP contribution is -2.31. The quantitative estimate of drug-likeness (QED) is 0.710. The van der Waals surface area contributed by atoms with Crippen molar-refractivity contribution in [2.24, 2.45) is 5.92 Å². The summed E-state index contributed by atoms with van der Waals surface area (Å²) in [5, 5.41) is 0. The second-order valence-corrected chi connectivity index (χ2v) is 4.19. The molecule has 15 heavy (non-hydrogen) atoms. The van der Waals surface area contributed by atoms with Crippen molar-refractivity contribution in [2.75, 3.05) is 0 Å². The van der Waals surface area contributed by atoms with E-state index in [-0.39, 0.29) is 5.97 Å². The van der Waals surface area contributed by atoms with Crippen molar-refractivity contribution in [3.63, 3.8) is 0 Å². The number of nitrogens with zero attached hydrogens (tertiary/aromatic N) is 1. The third-order valence-electron chi connectivity index (χ3n) is 2.89. The van der Waals surface area contributed by atoms with Crippen LogP contribution < -0.4 is 0 Å². The van der Waals surface area contributed by atoms with Crippen LogP contribution in [0.15, 0.2) is 24.4 Å². The van der Waals surface area contributed by atoms with Gasteiger partial charge in [-0.3, -0.25) is 9.78 Å². The Balaban J connectivity index is 2.30. The molecule has 2 rings (SSSR count). The highest BCUT2D eigenvalue weighted by atomic mass is 16.6. The fourth-order valence-corrected chi connectivity index (χ4v) is 1.93. The molecule has 0 bridgehead atoms. The van der Waals surface area contributed by atoms with Gasteiger partial charge in [0.25, 0.3) is 0 Å². The van der Waals surface area contributed by atoms with Crippen molar-refractivity contribution >= 4 is 5.97 Å². The zero-order chi connectivity index (χ0) is 10.9. The Hall–Kier alpha value is -1.38. The maximum Gasteiger partial charge on any atom is 0.303 e. The van der Waals surface area contributed by atoms with Crippen LogP contribution in [-0.4, -0.2) is 11.0 Å². The Kier molecular flexibility index (Phi) is 2.47. The maximum atomic E-state index is 11.1. The summed E-state index contributed by atoms with van der Waals surface area (Å²) in [5.74, 6) is 0.186. The molecule has 3 heteroatoms. The van der Waals surface area contributed by atoms with E-state index in [0.29, 0.717) is 5.92 Å². The molecule has 1 aromatic rings. The van der Waals surface area contributed by atoms with E-state index in [2.05, 4.69) is 4.98 Å². The first-order chi connectivity index (χ1) is 7.13. The van der Waals surface area contributed by atoms with Crippen molar-refractivity contribution in [1.82, 2.24) is 4.98 Å². The second kappa shape index (κ2) is 3.65. The van der Waals surface area contributed by atoms with Gasteiger partial charge in [-0.15, -0.1) is 0 Å². The first-order valence-corrected chi connectivity index (χ1v) is 5.24. The number of carbonyl (C=O) groups excluding carboxylic acids is 1. The fraction of sp³-hybridized carbons (Fsp3) is 0.500. The molecule has 1 atom stereocenters. The highest BCUT2D eigenvalue weighted by Gasteiger charge is 2.46. The van der Waals surface area contributed by atoms with Crippen LogP contribution in [0.25, 0.3) is 0 Å². The summed E-state index contributed by atoms with van der Waals surface area (Å²) in [4.78, 5) is 15.4. The van der Waals surface area contributed by atoms with Gasteiger partial charge in [-0.05, 0) is 31.9 Å². The van der Waals surface area contributed by atoms with Gasteiger partial charge in [0.05, 0.1) is 5.69 Å². The number of hydrogen-bond acceptors (Lipinski definition) is 3. The first-order valence-electron chi connectivity index (χ1n) is 5.24. The molecule has 80 valence electrons. The van der Waals surface area contributed by atoms with Crippen LogP contribution in [0.3, 0.4) is 0 Å². The van der Waals surface area contributed by atoms with Gasteiger partial charge in [-0.1, -0.05) is 6.07 Å². The van der Waals surface area contributed by atoms with Gasteiger partial charge >= 0.3 is 5.97 Å². The number of rotatable bonds is 3. The van der Waals surface area contributed by atoms with Crippen molar-refractivity contribution in [3.8, 4) is 0 Å². The average molecular weight is 205 g/mol. The number of carbonyl (C=O) groups is 1. The van der Waals surface area contributed by atoms with Gasteiger partial charge in [0, 0.05) is 19.0 Å². The summed E-state index contributed by atoms with van der Waals surface area (Å²) >= 11 is 0. The molecule has 0 N–H and O–H groups in total. The lowest BCUT2D eigenvalue weighted by molar-refractivity contribution is -0.159. The van der Waals surface area contributed by atoms with Crippen molar-refractivity contribution < 1.29 is 9.53 Å². The summed E-state index contributed by atoms with van der Waals surface area (Å²) in [6.07, 6.45) is 3.96. The van der Waals surface area contributed by atoms with E-state index in [1.54, 1.807) is 6.20 Å². The van der Waals surface area contributed by atoms with E-state index in [0.717, 1.165) is 18.5 Å². The lowest BCUT2D eigenvalue weighted by Gasteiger charge is -2.28. The molecule has 3 nitrogen and oxygen atoms in total. The Morgan fingerprint density at radius 3 is 2.73 bits per heavy atom. The van der Waals surface area contributed by atoms with Crippen LogP contribution in [0, 0.1) is 5.92 Å². The molecule has 1 aliphatic carbocycles. The summed E-state index contributed by atoms with van der Waals surface area (Å²) in [6.45, 7) is 3.40. The standard InChI is InChI=1S/C12H15NO2/c1-9(14)15-12(2,10-6-7-10)11-5-3-4-8-13-11/h3-5,8,10H,6-7H2,1-2H3. The minimum Gasteiger partial charge on any atom is -0.453 e.